The third-order valence-corrected chi connectivity index (χ3v) is 4.60. The highest BCUT2D eigenvalue weighted by Crippen LogP contribution is 2.35. The van der Waals surface area contributed by atoms with Crippen molar-refractivity contribution in [2.75, 3.05) is 11.9 Å². The molecule has 1 amide bonds. The van der Waals surface area contributed by atoms with Crippen molar-refractivity contribution in [3.63, 3.8) is 0 Å². The van der Waals surface area contributed by atoms with Crippen LogP contribution in [0.1, 0.15) is 25.0 Å². The van der Waals surface area contributed by atoms with Crippen LogP contribution < -0.4 is 14.8 Å². The number of carbonyl (C=O) groups excluding carboxylic acids is 1. The lowest BCUT2D eigenvalue weighted by Gasteiger charge is -2.10. The lowest BCUT2D eigenvalue weighted by Crippen LogP contribution is -2.08. The molecule has 0 bridgehead atoms. The van der Waals surface area contributed by atoms with E-state index in [9.17, 15) is 4.79 Å². The molecule has 5 heteroatoms. The fourth-order valence-electron chi connectivity index (χ4n) is 3.40. The zero-order valence-corrected chi connectivity index (χ0v) is 15.4. The smallest absolute Gasteiger partial charge is 0.248 e. The first-order valence-corrected chi connectivity index (χ1v) is 9.15. The summed E-state index contributed by atoms with van der Waals surface area (Å²) in [4.78, 5) is 15.6. The van der Waals surface area contributed by atoms with Gasteiger partial charge in [0.25, 0.3) is 0 Å². The van der Waals surface area contributed by atoms with Gasteiger partial charge in [-0.3, -0.25) is 4.79 Å². The second-order valence-electron chi connectivity index (χ2n) is 6.63. The molecule has 1 atom stereocenters. The maximum atomic E-state index is 12.4. The molecule has 4 rings (SSSR count). The Labute approximate surface area is 158 Å². The van der Waals surface area contributed by atoms with Gasteiger partial charge in [0.05, 0.1) is 12.3 Å². The number of H-pyrrole nitrogens is 1. The quantitative estimate of drug-likeness (QED) is 0.655. The first-order chi connectivity index (χ1) is 13.1. The number of hydrogen-bond acceptors (Lipinski definition) is 3. The minimum Gasteiger partial charge on any atom is -0.493 e. The Bertz CT molecular complexity index is 1020. The van der Waals surface area contributed by atoms with E-state index in [1.807, 2.05) is 56.4 Å². The zero-order valence-electron chi connectivity index (χ0n) is 15.4. The van der Waals surface area contributed by atoms with Crippen molar-refractivity contribution in [1.82, 2.24) is 4.98 Å². The number of fused-ring (bicyclic) bond motifs is 2. The fraction of sp³-hybridized carbons (Fsp3) is 0.227. The molecule has 1 unspecified atom stereocenters. The molecule has 5 nitrogen and oxygen atoms in total. The molecule has 1 aliphatic rings. The van der Waals surface area contributed by atoms with Crippen LogP contribution in [-0.4, -0.2) is 23.6 Å². The van der Waals surface area contributed by atoms with E-state index in [4.69, 9.17) is 9.47 Å². The number of ether oxygens (including phenoxy) is 2. The number of rotatable bonds is 5. The number of carbonyl (C=O) groups is 1. The summed E-state index contributed by atoms with van der Waals surface area (Å²) < 4.78 is 11.6. The average molecular weight is 362 g/mol. The van der Waals surface area contributed by atoms with Crippen molar-refractivity contribution < 1.29 is 14.3 Å². The van der Waals surface area contributed by atoms with Gasteiger partial charge in [-0.25, -0.2) is 0 Å². The van der Waals surface area contributed by atoms with Crippen LogP contribution in [0.15, 0.2) is 48.7 Å². The van der Waals surface area contributed by atoms with Gasteiger partial charge >= 0.3 is 0 Å². The van der Waals surface area contributed by atoms with Crippen molar-refractivity contribution in [2.45, 2.75) is 26.4 Å². The highest BCUT2D eigenvalue weighted by molar-refractivity contribution is 6.07. The molecule has 2 N–H and O–H groups in total. The predicted octanol–water partition coefficient (Wildman–Crippen LogP) is 4.54. The highest BCUT2D eigenvalue weighted by atomic mass is 16.5. The molecule has 0 aliphatic carbocycles. The first kappa shape index (κ1) is 17.2. The van der Waals surface area contributed by atoms with Gasteiger partial charge in [-0.2, -0.15) is 0 Å². The summed E-state index contributed by atoms with van der Waals surface area (Å²) in [7, 11) is 0. The maximum absolute atomic E-state index is 12.4. The van der Waals surface area contributed by atoms with Gasteiger partial charge in [-0.1, -0.05) is 6.07 Å². The van der Waals surface area contributed by atoms with Gasteiger partial charge in [0.15, 0.2) is 0 Å². The zero-order chi connectivity index (χ0) is 18.8. The SMILES string of the molecule is CCOc1cc2c(cc1/C=C/C(=O)Nc1cccc3[nH]ccc13)OC(C)C2. The summed E-state index contributed by atoms with van der Waals surface area (Å²) in [5.41, 5.74) is 3.74. The van der Waals surface area contributed by atoms with E-state index in [1.54, 1.807) is 6.08 Å². The lowest BCUT2D eigenvalue weighted by molar-refractivity contribution is -0.111. The van der Waals surface area contributed by atoms with E-state index >= 15 is 0 Å². The summed E-state index contributed by atoms with van der Waals surface area (Å²) in [6, 6.07) is 11.7. The molecule has 138 valence electrons. The molecular formula is C22H22N2O3. The lowest BCUT2D eigenvalue weighted by atomic mass is 10.1. The van der Waals surface area contributed by atoms with E-state index in [1.165, 1.54) is 6.08 Å². The van der Waals surface area contributed by atoms with Crippen molar-refractivity contribution in [2.24, 2.45) is 0 Å². The van der Waals surface area contributed by atoms with Crippen LogP contribution in [0.4, 0.5) is 5.69 Å². The number of anilines is 1. The number of aromatic amines is 1. The van der Waals surface area contributed by atoms with Gasteiger partial charge in [-0.05, 0) is 50.3 Å². The monoisotopic (exact) mass is 362 g/mol. The second kappa shape index (κ2) is 7.19. The summed E-state index contributed by atoms with van der Waals surface area (Å²) in [6.45, 7) is 4.56. The van der Waals surface area contributed by atoms with Crippen molar-refractivity contribution in [1.29, 1.82) is 0 Å². The summed E-state index contributed by atoms with van der Waals surface area (Å²) in [5.74, 6) is 1.44. The Balaban J connectivity index is 1.56. The van der Waals surface area contributed by atoms with Crippen molar-refractivity contribution in [3.05, 3.63) is 59.8 Å². The number of hydrogen-bond donors (Lipinski definition) is 2. The molecule has 0 saturated heterocycles. The number of amides is 1. The van der Waals surface area contributed by atoms with Crippen LogP contribution >= 0.6 is 0 Å². The standard InChI is InChI=1S/C22H22N2O3/c1-3-26-20-13-16-11-14(2)27-21(16)12-15(20)7-8-22(25)24-19-6-4-5-18-17(19)9-10-23-18/h4-10,12-14,23H,3,11H2,1-2H3,(H,24,25)/b8-7+. The molecule has 27 heavy (non-hydrogen) atoms. The molecule has 1 aliphatic heterocycles. The van der Waals surface area contributed by atoms with E-state index < -0.39 is 0 Å². The minimum atomic E-state index is -0.194. The Morgan fingerprint density at radius 2 is 2.26 bits per heavy atom. The molecule has 0 fully saturated rings. The largest absolute Gasteiger partial charge is 0.493 e. The Morgan fingerprint density at radius 3 is 3.11 bits per heavy atom. The van der Waals surface area contributed by atoms with Crippen LogP contribution in [0.5, 0.6) is 11.5 Å². The van der Waals surface area contributed by atoms with Gasteiger partial charge in [-0.15, -0.1) is 0 Å². The molecule has 0 saturated carbocycles. The van der Waals surface area contributed by atoms with Crippen LogP contribution in [0.3, 0.4) is 0 Å². The van der Waals surface area contributed by atoms with Crippen molar-refractivity contribution >= 4 is 28.6 Å². The maximum Gasteiger partial charge on any atom is 0.248 e. The molecule has 3 aromatic rings. The highest BCUT2D eigenvalue weighted by Gasteiger charge is 2.21. The van der Waals surface area contributed by atoms with Crippen LogP contribution in [0.2, 0.25) is 0 Å². The van der Waals surface area contributed by atoms with Gasteiger partial charge in [0.1, 0.15) is 17.6 Å². The Kier molecular flexibility index (Phi) is 4.59. The normalized spacial score (nSPS) is 15.7. The second-order valence-corrected chi connectivity index (χ2v) is 6.63. The average Bonchev–Trinajstić information content (AvgIpc) is 3.26. The molecular weight excluding hydrogens is 340 g/mol. The third-order valence-electron chi connectivity index (χ3n) is 4.60. The summed E-state index contributed by atoms with van der Waals surface area (Å²) in [5, 5.41) is 3.92. The van der Waals surface area contributed by atoms with Gasteiger partial charge in [0, 0.05) is 40.7 Å². The molecule has 1 aromatic heterocycles. The van der Waals surface area contributed by atoms with Crippen LogP contribution in [0, 0.1) is 0 Å². The minimum absolute atomic E-state index is 0.166. The van der Waals surface area contributed by atoms with Gasteiger partial charge in [0.2, 0.25) is 5.91 Å². The van der Waals surface area contributed by atoms with Crippen LogP contribution in [0.25, 0.3) is 17.0 Å². The van der Waals surface area contributed by atoms with Gasteiger partial charge < -0.3 is 19.8 Å². The molecule has 2 aromatic carbocycles. The van der Waals surface area contributed by atoms with E-state index in [2.05, 4.69) is 10.3 Å². The molecule has 0 radical (unpaired) electrons. The summed E-state index contributed by atoms with van der Waals surface area (Å²) >= 11 is 0. The molecule has 0 spiro atoms. The number of benzene rings is 2. The Morgan fingerprint density at radius 1 is 1.37 bits per heavy atom. The van der Waals surface area contributed by atoms with E-state index in [-0.39, 0.29) is 12.0 Å². The fourth-order valence-corrected chi connectivity index (χ4v) is 3.40. The van der Waals surface area contributed by atoms with Crippen molar-refractivity contribution in [3.8, 4) is 11.5 Å². The Hall–Kier alpha value is -3.21. The topological polar surface area (TPSA) is 63.3 Å². The summed E-state index contributed by atoms with van der Waals surface area (Å²) in [6.07, 6.45) is 6.19. The van der Waals surface area contributed by atoms with E-state index in [0.29, 0.717) is 6.61 Å². The number of nitrogens with one attached hydrogen (secondary N) is 2. The van der Waals surface area contributed by atoms with Crippen LogP contribution in [-0.2, 0) is 11.2 Å². The third kappa shape index (κ3) is 3.53. The van der Waals surface area contributed by atoms with E-state index in [0.717, 1.165) is 45.6 Å². The number of aromatic nitrogens is 1. The first-order valence-electron chi connectivity index (χ1n) is 9.15. The molecule has 2 heterocycles. The predicted molar refractivity (Wildman–Crippen MR) is 107 cm³/mol.